The highest BCUT2D eigenvalue weighted by Crippen LogP contribution is 2.30. The van der Waals surface area contributed by atoms with Crippen molar-refractivity contribution >= 4 is 7.60 Å². The fraction of sp³-hybridized carbons (Fsp3) is 0.429. The van der Waals surface area contributed by atoms with Gasteiger partial charge in [0.2, 0.25) is 0 Å². The molecule has 0 amide bonds. The second-order valence-corrected chi connectivity index (χ2v) is 3.86. The van der Waals surface area contributed by atoms with Crippen molar-refractivity contribution in [2.24, 2.45) is 0 Å². The topological polar surface area (TPSA) is 49.4 Å². The van der Waals surface area contributed by atoms with E-state index in [1.54, 1.807) is 18.2 Å². The van der Waals surface area contributed by atoms with Crippen molar-refractivity contribution < 1.29 is 14.0 Å². The zero-order chi connectivity index (χ0) is 8.74. The summed E-state index contributed by atoms with van der Waals surface area (Å²) in [6.07, 6.45) is 5.76. The molecule has 0 fully saturated rings. The van der Waals surface area contributed by atoms with E-state index in [9.17, 15) is 9.46 Å². The van der Waals surface area contributed by atoms with E-state index in [-0.39, 0.29) is 6.61 Å². The Labute approximate surface area is 66.9 Å². The molecule has 3 nitrogen and oxygen atoms in total. The predicted molar refractivity (Wildman–Crippen MR) is 43.4 cm³/mol. The van der Waals surface area contributed by atoms with Gasteiger partial charge >= 0.3 is 0 Å². The van der Waals surface area contributed by atoms with Gasteiger partial charge in [-0.2, -0.15) is 0 Å². The van der Waals surface area contributed by atoms with Crippen LogP contribution in [0.4, 0.5) is 0 Å². The van der Waals surface area contributed by atoms with Crippen molar-refractivity contribution in [3.63, 3.8) is 0 Å². The Morgan fingerprint density at radius 2 is 2.36 bits per heavy atom. The quantitative estimate of drug-likeness (QED) is 0.359. The van der Waals surface area contributed by atoms with Gasteiger partial charge in [0, 0.05) is 6.66 Å². The van der Waals surface area contributed by atoms with Crippen LogP contribution in [0.25, 0.3) is 0 Å². The molecule has 1 unspecified atom stereocenters. The van der Waals surface area contributed by atoms with Crippen LogP contribution >= 0.6 is 7.60 Å². The van der Waals surface area contributed by atoms with Crippen molar-refractivity contribution in [2.75, 3.05) is 13.3 Å². The third-order valence-corrected chi connectivity index (χ3v) is 1.53. The lowest BCUT2D eigenvalue weighted by Gasteiger charge is -2.16. The van der Waals surface area contributed by atoms with E-state index in [0.717, 1.165) is 6.66 Å². The first-order valence-electron chi connectivity index (χ1n) is 3.27. The first-order valence-corrected chi connectivity index (χ1v) is 5.26. The Morgan fingerprint density at radius 3 is 2.82 bits per heavy atom. The van der Waals surface area contributed by atoms with E-state index in [2.05, 4.69) is 11.1 Å². The Morgan fingerprint density at radius 1 is 1.73 bits per heavy atom. The summed E-state index contributed by atoms with van der Waals surface area (Å²) in [5.74, 6) is 0. The normalized spacial score (nSPS) is 16.5. The van der Waals surface area contributed by atoms with Crippen LogP contribution in [0.1, 0.15) is 6.42 Å². The summed E-state index contributed by atoms with van der Waals surface area (Å²) >= 11 is 0. The minimum atomic E-state index is -3.52. The molecular formula is C7H12O3P-. The summed E-state index contributed by atoms with van der Waals surface area (Å²) in [7, 11) is -3.52. The van der Waals surface area contributed by atoms with E-state index in [1.807, 2.05) is 0 Å². The van der Waals surface area contributed by atoms with Gasteiger partial charge in [-0.3, -0.25) is 0 Å². The highest BCUT2D eigenvalue weighted by atomic mass is 31.2. The maximum Gasteiger partial charge on any atom is 0.131 e. The molecule has 0 radical (unpaired) electrons. The molecule has 0 saturated heterocycles. The van der Waals surface area contributed by atoms with E-state index in [1.165, 1.54) is 0 Å². The lowest BCUT2D eigenvalue weighted by atomic mass is 10.4. The molecule has 64 valence electrons. The molecule has 0 aliphatic rings. The second kappa shape index (κ2) is 5.30. The smallest absolute Gasteiger partial charge is 0.131 e. The van der Waals surface area contributed by atoms with Gasteiger partial charge < -0.3 is 14.0 Å². The zero-order valence-electron chi connectivity index (χ0n) is 6.53. The lowest BCUT2D eigenvalue weighted by molar-refractivity contribution is -0.196. The molecular weight excluding hydrogens is 163 g/mol. The second-order valence-electron chi connectivity index (χ2n) is 2.06. The van der Waals surface area contributed by atoms with Crippen LogP contribution in [0.5, 0.6) is 0 Å². The highest BCUT2D eigenvalue weighted by Gasteiger charge is 1.95. The third-order valence-electron chi connectivity index (χ3n) is 0.882. The van der Waals surface area contributed by atoms with Crippen molar-refractivity contribution in [1.29, 1.82) is 0 Å². The molecule has 4 heteroatoms. The number of hydrogen-bond acceptors (Lipinski definition) is 3. The van der Waals surface area contributed by atoms with Crippen LogP contribution in [0.15, 0.2) is 24.8 Å². The number of allylic oxidation sites excluding steroid dienone is 2. The summed E-state index contributed by atoms with van der Waals surface area (Å²) in [6.45, 7) is 4.73. The molecule has 0 rings (SSSR count). The van der Waals surface area contributed by atoms with Crippen molar-refractivity contribution in [2.45, 2.75) is 6.42 Å². The fourth-order valence-corrected chi connectivity index (χ4v) is 0.916. The Hall–Kier alpha value is -0.370. The molecule has 11 heavy (non-hydrogen) atoms. The van der Waals surface area contributed by atoms with Gasteiger partial charge in [-0.15, -0.1) is 0 Å². The number of hydrogen-bond donors (Lipinski definition) is 0. The van der Waals surface area contributed by atoms with Crippen LogP contribution in [0.2, 0.25) is 0 Å². The molecule has 0 N–H and O–H groups in total. The first-order chi connectivity index (χ1) is 5.06. The minimum Gasteiger partial charge on any atom is -0.779 e. The van der Waals surface area contributed by atoms with Crippen LogP contribution in [0.3, 0.4) is 0 Å². The van der Waals surface area contributed by atoms with Crippen molar-refractivity contribution in [3.8, 4) is 0 Å². The lowest BCUT2D eigenvalue weighted by Crippen LogP contribution is -2.02. The van der Waals surface area contributed by atoms with E-state index in [0.29, 0.717) is 6.42 Å². The van der Waals surface area contributed by atoms with E-state index in [4.69, 9.17) is 0 Å². The van der Waals surface area contributed by atoms with Crippen LogP contribution in [0, 0.1) is 0 Å². The highest BCUT2D eigenvalue weighted by molar-refractivity contribution is 7.50. The van der Waals surface area contributed by atoms with E-state index >= 15 is 0 Å². The number of rotatable bonds is 5. The summed E-state index contributed by atoms with van der Waals surface area (Å²) in [6, 6.07) is 0. The average molecular weight is 175 g/mol. The maximum atomic E-state index is 10.4. The minimum absolute atomic E-state index is 0.210. The zero-order valence-corrected chi connectivity index (χ0v) is 7.42. The third kappa shape index (κ3) is 9.63. The van der Waals surface area contributed by atoms with Gasteiger partial charge in [0.25, 0.3) is 0 Å². The van der Waals surface area contributed by atoms with Gasteiger partial charge in [0.05, 0.1) is 6.61 Å². The molecule has 0 saturated carbocycles. The molecule has 1 atom stereocenters. The van der Waals surface area contributed by atoms with Crippen LogP contribution in [-0.4, -0.2) is 13.3 Å². The van der Waals surface area contributed by atoms with Gasteiger partial charge in [0.1, 0.15) is 7.60 Å². The summed E-state index contributed by atoms with van der Waals surface area (Å²) in [5.41, 5.74) is 0. The summed E-state index contributed by atoms with van der Waals surface area (Å²) in [4.78, 5) is 10.4. The SMILES string of the molecule is C=C/C=C/CCOP(C)(=O)[O-]. The molecule has 0 aromatic heterocycles. The van der Waals surface area contributed by atoms with Crippen LogP contribution in [-0.2, 0) is 9.09 Å². The molecule has 0 heterocycles. The monoisotopic (exact) mass is 175 g/mol. The van der Waals surface area contributed by atoms with Gasteiger partial charge in [0.15, 0.2) is 0 Å². The molecule has 0 aliphatic carbocycles. The summed E-state index contributed by atoms with van der Waals surface area (Å²) < 4.78 is 14.9. The molecule has 0 spiro atoms. The van der Waals surface area contributed by atoms with Crippen LogP contribution < -0.4 is 4.89 Å². The fourth-order valence-electron chi connectivity index (χ4n) is 0.479. The first kappa shape index (κ1) is 10.6. The van der Waals surface area contributed by atoms with Crippen molar-refractivity contribution in [1.82, 2.24) is 0 Å². The summed E-state index contributed by atoms with van der Waals surface area (Å²) in [5, 5.41) is 0. The molecule has 0 aliphatic heterocycles. The van der Waals surface area contributed by atoms with Gasteiger partial charge in [-0.1, -0.05) is 24.8 Å². The molecule has 0 bridgehead atoms. The average Bonchev–Trinajstić information content (AvgIpc) is 1.85. The van der Waals surface area contributed by atoms with E-state index < -0.39 is 7.60 Å². The molecule has 0 aromatic carbocycles. The van der Waals surface area contributed by atoms with Crippen molar-refractivity contribution in [3.05, 3.63) is 24.8 Å². The Balaban J connectivity index is 3.36. The Kier molecular flexibility index (Phi) is 5.12. The maximum absolute atomic E-state index is 10.4. The predicted octanol–water partition coefficient (Wildman–Crippen LogP) is 1.32. The largest absolute Gasteiger partial charge is 0.779 e. The molecule has 0 aromatic rings. The Bertz CT molecular complexity index is 180. The standard InChI is InChI=1S/C7H13O3P/c1-3-4-5-6-7-10-11(2,8)9/h3-5H,1,6-7H2,2H3,(H,8,9)/p-1/b5-4+. The van der Waals surface area contributed by atoms with Gasteiger partial charge in [-0.25, -0.2) is 0 Å². The van der Waals surface area contributed by atoms with Gasteiger partial charge in [-0.05, 0) is 6.42 Å².